The van der Waals surface area contributed by atoms with Gasteiger partial charge in [0.2, 0.25) is 0 Å². The van der Waals surface area contributed by atoms with Gasteiger partial charge in [-0.3, -0.25) is 0 Å². The number of carbonyl (C=O) groups is 1. The maximum Gasteiger partial charge on any atom is 0.410 e. The molecule has 0 radical (unpaired) electrons. The first-order valence-corrected chi connectivity index (χ1v) is 7.54. The minimum atomic E-state index is -0.444. The van der Waals surface area contributed by atoms with E-state index in [1.165, 1.54) is 6.07 Å². The largest absolute Gasteiger partial charge is 0.450 e. The van der Waals surface area contributed by atoms with Crippen molar-refractivity contribution in [2.24, 2.45) is 5.73 Å². The fourth-order valence-corrected chi connectivity index (χ4v) is 2.91. The summed E-state index contributed by atoms with van der Waals surface area (Å²) in [6, 6.07) is 4.41. The van der Waals surface area contributed by atoms with Gasteiger partial charge in [-0.05, 0) is 37.8 Å². The molecular formula is C15H20ClFN2O2. The molecule has 2 rings (SSSR count). The maximum atomic E-state index is 14.1. The average molecular weight is 315 g/mol. The highest BCUT2D eigenvalue weighted by molar-refractivity contribution is 6.30. The van der Waals surface area contributed by atoms with Crippen molar-refractivity contribution in [3.63, 3.8) is 0 Å². The van der Waals surface area contributed by atoms with Crippen LogP contribution in [0.2, 0.25) is 5.02 Å². The lowest BCUT2D eigenvalue weighted by Crippen LogP contribution is -2.55. The van der Waals surface area contributed by atoms with Gasteiger partial charge in [0.1, 0.15) is 5.82 Å². The highest BCUT2D eigenvalue weighted by Crippen LogP contribution is 2.25. The van der Waals surface area contributed by atoms with E-state index in [1.54, 1.807) is 24.0 Å². The average Bonchev–Trinajstić information content (AvgIpc) is 2.46. The fraction of sp³-hybridized carbons (Fsp3) is 0.533. The maximum absolute atomic E-state index is 14.1. The van der Waals surface area contributed by atoms with Crippen molar-refractivity contribution in [1.29, 1.82) is 0 Å². The summed E-state index contributed by atoms with van der Waals surface area (Å²) >= 11 is 5.81. The molecule has 1 heterocycles. The first-order chi connectivity index (χ1) is 10.0. The summed E-state index contributed by atoms with van der Waals surface area (Å²) in [6.07, 6.45) is 1.59. The van der Waals surface area contributed by atoms with Crippen LogP contribution in [0.4, 0.5) is 9.18 Å². The number of halogens is 2. The topological polar surface area (TPSA) is 55.6 Å². The highest BCUT2D eigenvalue weighted by atomic mass is 35.5. The number of hydrogen-bond acceptors (Lipinski definition) is 3. The Morgan fingerprint density at radius 2 is 2.33 bits per heavy atom. The molecule has 6 heteroatoms. The molecule has 1 aliphatic heterocycles. The Labute approximate surface area is 129 Å². The zero-order valence-electron chi connectivity index (χ0n) is 12.0. The van der Waals surface area contributed by atoms with Crippen LogP contribution < -0.4 is 5.73 Å². The summed E-state index contributed by atoms with van der Waals surface area (Å²) in [6.45, 7) is 2.65. The van der Waals surface area contributed by atoms with Crippen LogP contribution in [-0.2, 0) is 11.2 Å². The number of amides is 1. The smallest absolute Gasteiger partial charge is 0.410 e. The summed E-state index contributed by atoms with van der Waals surface area (Å²) in [7, 11) is 0. The van der Waals surface area contributed by atoms with Gasteiger partial charge in [0.05, 0.1) is 17.7 Å². The van der Waals surface area contributed by atoms with Crippen molar-refractivity contribution in [3.05, 3.63) is 34.6 Å². The van der Waals surface area contributed by atoms with E-state index >= 15 is 0 Å². The van der Waals surface area contributed by atoms with Crippen molar-refractivity contribution < 1.29 is 13.9 Å². The highest BCUT2D eigenvalue weighted by Gasteiger charge is 2.33. The van der Waals surface area contributed by atoms with Crippen LogP contribution >= 0.6 is 11.6 Å². The van der Waals surface area contributed by atoms with Crippen molar-refractivity contribution in [3.8, 4) is 0 Å². The van der Waals surface area contributed by atoms with E-state index in [2.05, 4.69) is 0 Å². The van der Waals surface area contributed by atoms with Crippen molar-refractivity contribution in [2.75, 3.05) is 13.2 Å². The summed E-state index contributed by atoms with van der Waals surface area (Å²) < 4.78 is 19.1. The number of benzene rings is 1. The molecule has 1 fully saturated rings. The van der Waals surface area contributed by atoms with Gasteiger partial charge in [-0.25, -0.2) is 9.18 Å². The van der Waals surface area contributed by atoms with E-state index in [-0.39, 0.29) is 23.2 Å². The Bertz CT molecular complexity index is 512. The van der Waals surface area contributed by atoms with Crippen molar-refractivity contribution in [1.82, 2.24) is 4.90 Å². The molecule has 0 bridgehead atoms. The number of rotatable bonds is 3. The number of piperidine rings is 1. The SMILES string of the molecule is CCOC(=O)N1CCCC(N)C1Cc1cccc(Cl)c1F. The summed E-state index contributed by atoms with van der Waals surface area (Å²) in [5.74, 6) is -0.444. The third-order valence-electron chi connectivity index (χ3n) is 3.79. The Morgan fingerprint density at radius 1 is 1.57 bits per heavy atom. The lowest BCUT2D eigenvalue weighted by atomic mass is 9.91. The number of hydrogen-bond donors (Lipinski definition) is 1. The lowest BCUT2D eigenvalue weighted by molar-refractivity contribution is 0.0699. The molecule has 4 nitrogen and oxygen atoms in total. The molecule has 21 heavy (non-hydrogen) atoms. The van der Waals surface area contributed by atoms with Crippen molar-refractivity contribution >= 4 is 17.7 Å². The molecule has 1 aromatic carbocycles. The molecular weight excluding hydrogens is 295 g/mol. The van der Waals surface area contributed by atoms with Crippen molar-refractivity contribution in [2.45, 2.75) is 38.3 Å². The number of likely N-dealkylation sites (tertiary alicyclic amines) is 1. The standard InChI is InChI=1S/C15H20ClFN2O2/c1-2-21-15(20)19-8-4-7-12(18)13(19)9-10-5-3-6-11(16)14(10)17/h3,5-6,12-13H,2,4,7-9,18H2,1H3. The molecule has 2 atom stereocenters. The summed E-state index contributed by atoms with van der Waals surface area (Å²) in [5, 5.41) is 0.0829. The Morgan fingerprint density at radius 3 is 3.05 bits per heavy atom. The van der Waals surface area contributed by atoms with Gasteiger partial charge in [0, 0.05) is 12.6 Å². The van der Waals surface area contributed by atoms with E-state index in [0.717, 1.165) is 12.8 Å². The van der Waals surface area contributed by atoms with Gasteiger partial charge < -0.3 is 15.4 Å². The van der Waals surface area contributed by atoms with Crippen LogP contribution in [0.25, 0.3) is 0 Å². The predicted molar refractivity (Wildman–Crippen MR) is 79.8 cm³/mol. The van der Waals surface area contributed by atoms with E-state index in [0.29, 0.717) is 25.1 Å². The molecule has 1 amide bonds. The van der Waals surface area contributed by atoms with E-state index < -0.39 is 5.82 Å². The monoisotopic (exact) mass is 314 g/mol. The zero-order chi connectivity index (χ0) is 15.4. The van der Waals surface area contributed by atoms with Crippen LogP contribution in [0, 0.1) is 5.82 Å². The molecule has 0 saturated carbocycles. The minimum absolute atomic E-state index is 0.0829. The molecule has 2 N–H and O–H groups in total. The van der Waals surface area contributed by atoms with Crippen LogP contribution in [-0.4, -0.2) is 36.2 Å². The third kappa shape index (κ3) is 3.66. The summed E-state index contributed by atoms with van der Waals surface area (Å²) in [5.41, 5.74) is 6.61. The second-order valence-electron chi connectivity index (χ2n) is 5.18. The van der Waals surface area contributed by atoms with Crippen LogP contribution in [0.5, 0.6) is 0 Å². The van der Waals surface area contributed by atoms with Gasteiger partial charge in [-0.1, -0.05) is 23.7 Å². The van der Waals surface area contributed by atoms with Crippen LogP contribution in [0.3, 0.4) is 0 Å². The van der Waals surface area contributed by atoms with Crippen LogP contribution in [0.1, 0.15) is 25.3 Å². The molecule has 0 aliphatic carbocycles. The molecule has 0 spiro atoms. The molecule has 0 aromatic heterocycles. The number of ether oxygens (including phenoxy) is 1. The quantitative estimate of drug-likeness (QED) is 0.933. The van der Waals surface area contributed by atoms with E-state index in [4.69, 9.17) is 22.1 Å². The zero-order valence-corrected chi connectivity index (χ0v) is 12.8. The summed E-state index contributed by atoms with van der Waals surface area (Å²) in [4.78, 5) is 13.6. The lowest BCUT2D eigenvalue weighted by Gasteiger charge is -2.39. The Balaban J connectivity index is 2.20. The molecule has 1 aliphatic rings. The first-order valence-electron chi connectivity index (χ1n) is 7.16. The van der Waals surface area contributed by atoms with E-state index in [9.17, 15) is 9.18 Å². The molecule has 2 unspecified atom stereocenters. The normalized spacial score (nSPS) is 22.2. The number of carbonyl (C=O) groups excluding carboxylic acids is 1. The van der Waals surface area contributed by atoms with Gasteiger partial charge in [0.25, 0.3) is 0 Å². The van der Waals surface area contributed by atoms with Gasteiger partial charge in [0.15, 0.2) is 0 Å². The molecule has 116 valence electrons. The number of nitrogens with zero attached hydrogens (tertiary/aromatic N) is 1. The Hall–Kier alpha value is -1.33. The fourth-order valence-electron chi connectivity index (χ4n) is 2.71. The van der Waals surface area contributed by atoms with Gasteiger partial charge >= 0.3 is 6.09 Å². The van der Waals surface area contributed by atoms with Gasteiger partial charge in [-0.2, -0.15) is 0 Å². The van der Waals surface area contributed by atoms with Crippen LogP contribution in [0.15, 0.2) is 18.2 Å². The molecule has 1 saturated heterocycles. The van der Waals surface area contributed by atoms with E-state index in [1.807, 2.05) is 0 Å². The Kier molecular flexibility index (Phi) is 5.42. The molecule has 1 aromatic rings. The predicted octanol–water partition coefficient (Wildman–Crippen LogP) is 2.97. The number of nitrogens with two attached hydrogens (primary N) is 1. The third-order valence-corrected chi connectivity index (χ3v) is 4.09. The minimum Gasteiger partial charge on any atom is -0.450 e. The second-order valence-corrected chi connectivity index (χ2v) is 5.59. The second kappa shape index (κ2) is 7.09. The van der Waals surface area contributed by atoms with Gasteiger partial charge in [-0.15, -0.1) is 0 Å². The first kappa shape index (κ1) is 16.0.